The quantitative estimate of drug-likeness (QED) is 0.856. The summed E-state index contributed by atoms with van der Waals surface area (Å²) in [4.78, 5) is 10.7. The SMILES string of the molecule is CCN(c1cc(OC)ncn1)C1CCCC1CN. The lowest BCUT2D eigenvalue weighted by Crippen LogP contribution is -2.40. The Morgan fingerprint density at radius 3 is 2.94 bits per heavy atom. The van der Waals surface area contributed by atoms with Gasteiger partial charge in [0.15, 0.2) is 0 Å². The number of anilines is 1. The fourth-order valence-corrected chi connectivity index (χ4v) is 2.87. The number of hydrogen-bond donors (Lipinski definition) is 1. The summed E-state index contributed by atoms with van der Waals surface area (Å²) in [5, 5.41) is 0. The number of rotatable bonds is 5. The van der Waals surface area contributed by atoms with E-state index in [-0.39, 0.29) is 0 Å². The van der Waals surface area contributed by atoms with Crippen molar-refractivity contribution in [3.63, 3.8) is 0 Å². The summed E-state index contributed by atoms with van der Waals surface area (Å²) in [5.74, 6) is 2.13. The van der Waals surface area contributed by atoms with E-state index in [1.165, 1.54) is 19.3 Å². The topological polar surface area (TPSA) is 64.3 Å². The van der Waals surface area contributed by atoms with Gasteiger partial charge in [0.2, 0.25) is 5.88 Å². The Hall–Kier alpha value is -1.36. The average Bonchev–Trinajstić information content (AvgIpc) is 2.88. The monoisotopic (exact) mass is 250 g/mol. The lowest BCUT2D eigenvalue weighted by Gasteiger charge is -2.32. The molecule has 2 N–H and O–H groups in total. The van der Waals surface area contributed by atoms with Crippen molar-refractivity contribution in [1.29, 1.82) is 0 Å². The molecule has 18 heavy (non-hydrogen) atoms. The number of nitrogens with zero attached hydrogens (tertiary/aromatic N) is 3. The van der Waals surface area contributed by atoms with Crippen molar-refractivity contribution in [2.45, 2.75) is 32.2 Å². The first-order valence-corrected chi connectivity index (χ1v) is 6.62. The molecule has 100 valence electrons. The van der Waals surface area contributed by atoms with Crippen molar-refractivity contribution in [3.05, 3.63) is 12.4 Å². The van der Waals surface area contributed by atoms with Gasteiger partial charge in [-0.25, -0.2) is 9.97 Å². The van der Waals surface area contributed by atoms with Crippen LogP contribution in [0.1, 0.15) is 26.2 Å². The molecule has 1 aliphatic carbocycles. The molecule has 0 spiro atoms. The van der Waals surface area contributed by atoms with E-state index in [4.69, 9.17) is 10.5 Å². The Kier molecular flexibility index (Phi) is 4.36. The van der Waals surface area contributed by atoms with E-state index >= 15 is 0 Å². The maximum atomic E-state index is 5.87. The maximum Gasteiger partial charge on any atom is 0.218 e. The lowest BCUT2D eigenvalue weighted by molar-refractivity contribution is 0.395. The second-order valence-electron chi connectivity index (χ2n) is 4.70. The van der Waals surface area contributed by atoms with Crippen LogP contribution in [0, 0.1) is 5.92 Å². The Morgan fingerprint density at radius 1 is 1.44 bits per heavy atom. The predicted octanol–water partition coefficient (Wildman–Crippen LogP) is 1.44. The molecular weight excluding hydrogens is 228 g/mol. The highest BCUT2D eigenvalue weighted by molar-refractivity contribution is 5.42. The molecule has 1 aromatic heterocycles. The van der Waals surface area contributed by atoms with Crippen LogP contribution in [-0.4, -0.2) is 36.2 Å². The van der Waals surface area contributed by atoms with Gasteiger partial charge < -0.3 is 15.4 Å². The van der Waals surface area contributed by atoms with E-state index in [1.54, 1.807) is 13.4 Å². The van der Waals surface area contributed by atoms with Gasteiger partial charge in [0.1, 0.15) is 12.1 Å². The van der Waals surface area contributed by atoms with Crippen LogP contribution in [0.25, 0.3) is 0 Å². The van der Waals surface area contributed by atoms with Crippen LogP contribution in [0.5, 0.6) is 5.88 Å². The highest BCUT2D eigenvalue weighted by Crippen LogP contribution is 2.32. The van der Waals surface area contributed by atoms with Crippen LogP contribution in [-0.2, 0) is 0 Å². The van der Waals surface area contributed by atoms with E-state index in [1.807, 2.05) is 6.07 Å². The molecule has 2 rings (SSSR count). The highest BCUT2D eigenvalue weighted by atomic mass is 16.5. The zero-order chi connectivity index (χ0) is 13.0. The summed E-state index contributed by atoms with van der Waals surface area (Å²) in [5.41, 5.74) is 5.87. The molecule has 1 saturated carbocycles. The van der Waals surface area contributed by atoms with Crippen LogP contribution < -0.4 is 15.4 Å². The zero-order valence-electron chi connectivity index (χ0n) is 11.2. The molecule has 5 nitrogen and oxygen atoms in total. The minimum Gasteiger partial charge on any atom is -0.481 e. The normalized spacial score (nSPS) is 23.1. The summed E-state index contributed by atoms with van der Waals surface area (Å²) in [6.07, 6.45) is 5.23. The summed E-state index contributed by atoms with van der Waals surface area (Å²) in [6.45, 7) is 3.84. The minimum absolute atomic E-state index is 0.500. The van der Waals surface area contributed by atoms with Gasteiger partial charge in [-0.1, -0.05) is 6.42 Å². The molecule has 1 heterocycles. The second kappa shape index (κ2) is 6.00. The molecule has 2 unspecified atom stereocenters. The molecule has 5 heteroatoms. The average molecular weight is 250 g/mol. The Bertz CT molecular complexity index is 385. The third-order valence-corrected chi connectivity index (χ3v) is 3.79. The fourth-order valence-electron chi connectivity index (χ4n) is 2.87. The van der Waals surface area contributed by atoms with Gasteiger partial charge in [-0.05, 0) is 32.2 Å². The summed E-state index contributed by atoms with van der Waals surface area (Å²) >= 11 is 0. The second-order valence-corrected chi connectivity index (χ2v) is 4.70. The van der Waals surface area contributed by atoms with Crippen molar-refractivity contribution < 1.29 is 4.74 Å². The molecule has 1 fully saturated rings. The number of aromatic nitrogens is 2. The first-order chi connectivity index (χ1) is 8.80. The van der Waals surface area contributed by atoms with Gasteiger partial charge in [0.25, 0.3) is 0 Å². The van der Waals surface area contributed by atoms with E-state index in [0.29, 0.717) is 17.8 Å². The summed E-state index contributed by atoms with van der Waals surface area (Å²) < 4.78 is 5.16. The predicted molar refractivity (Wildman–Crippen MR) is 71.8 cm³/mol. The summed E-state index contributed by atoms with van der Waals surface area (Å²) in [7, 11) is 1.63. The first kappa shape index (κ1) is 13.1. The smallest absolute Gasteiger partial charge is 0.218 e. The molecule has 1 aliphatic rings. The maximum absolute atomic E-state index is 5.87. The molecule has 0 radical (unpaired) electrons. The van der Waals surface area contributed by atoms with Crippen LogP contribution in [0.3, 0.4) is 0 Å². The third kappa shape index (κ3) is 2.56. The molecule has 1 aromatic rings. The van der Waals surface area contributed by atoms with Crippen molar-refractivity contribution in [3.8, 4) is 5.88 Å². The van der Waals surface area contributed by atoms with Crippen LogP contribution in [0.4, 0.5) is 5.82 Å². The van der Waals surface area contributed by atoms with Gasteiger partial charge in [0.05, 0.1) is 7.11 Å². The van der Waals surface area contributed by atoms with Crippen molar-refractivity contribution in [2.75, 3.05) is 25.1 Å². The molecular formula is C13H22N4O. The van der Waals surface area contributed by atoms with E-state index in [9.17, 15) is 0 Å². The number of ether oxygens (including phenoxy) is 1. The van der Waals surface area contributed by atoms with Gasteiger partial charge in [-0.2, -0.15) is 0 Å². The third-order valence-electron chi connectivity index (χ3n) is 3.79. The molecule has 0 amide bonds. The van der Waals surface area contributed by atoms with Crippen molar-refractivity contribution >= 4 is 5.82 Å². The summed E-state index contributed by atoms with van der Waals surface area (Å²) in [6, 6.07) is 2.40. The number of hydrogen-bond acceptors (Lipinski definition) is 5. The van der Waals surface area contributed by atoms with Gasteiger partial charge in [-0.15, -0.1) is 0 Å². The van der Waals surface area contributed by atoms with Crippen LogP contribution in [0.15, 0.2) is 12.4 Å². The fraction of sp³-hybridized carbons (Fsp3) is 0.692. The van der Waals surface area contributed by atoms with Crippen molar-refractivity contribution in [1.82, 2.24) is 9.97 Å². The molecule has 0 aromatic carbocycles. The Morgan fingerprint density at radius 2 is 2.28 bits per heavy atom. The zero-order valence-corrected chi connectivity index (χ0v) is 11.2. The Balaban J connectivity index is 2.21. The van der Waals surface area contributed by atoms with Crippen LogP contribution in [0.2, 0.25) is 0 Å². The number of methoxy groups -OCH3 is 1. The molecule has 0 bridgehead atoms. The number of nitrogens with two attached hydrogens (primary N) is 1. The van der Waals surface area contributed by atoms with Gasteiger partial charge in [0, 0.05) is 18.7 Å². The van der Waals surface area contributed by atoms with E-state index < -0.39 is 0 Å². The standard InChI is InChI=1S/C13H22N4O/c1-3-17(11-6-4-5-10(11)8-14)12-7-13(18-2)16-9-15-12/h7,9-11H,3-6,8,14H2,1-2H3. The molecule has 0 aliphatic heterocycles. The van der Waals surface area contributed by atoms with E-state index in [2.05, 4.69) is 21.8 Å². The molecule has 2 atom stereocenters. The Labute approximate surface area is 108 Å². The van der Waals surface area contributed by atoms with Crippen LogP contribution >= 0.6 is 0 Å². The highest BCUT2D eigenvalue weighted by Gasteiger charge is 2.31. The lowest BCUT2D eigenvalue weighted by atomic mass is 10.0. The first-order valence-electron chi connectivity index (χ1n) is 6.62. The van der Waals surface area contributed by atoms with Crippen molar-refractivity contribution in [2.24, 2.45) is 11.7 Å². The van der Waals surface area contributed by atoms with Gasteiger partial charge >= 0.3 is 0 Å². The molecule has 0 saturated heterocycles. The largest absolute Gasteiger partial charge is 0.481 e. The van der Waals surface area contributed by atoms with E-state index in [0.717, 1.165) is 18.9 Å². The van der Waals surface area contributed by atoms with Gasteiger partial charge in [-0.3, -0.25) is 0 Å². The minimum atomic E-state index is 0.500.